The second-order valence-electron chi connectivity index (χ2n) is 0. The molecule has 37 valence electrons. The Morgan fingerprint density at radius 3 is 1.00 bits per heavy atom. The van der Waals surface area contributed by atoms with Crippen molar-refractivity contribution in [2.45, 2.75) is 0 Å². The molecule has 0 aromatic rings. The van der Waals surface area contributed by atoms with Crippen molar-refractivity contribution in [3.8, 4) is 0 Å². The van der Waals surface area contributed by atoms with Crippen molar-refractivity contribution in [2.24, 2.45) is 0 Å². The van der Waals surface area contributed by atoms with Crippen LogP contribution in [0.2, 0.25) is 0 Å². The predicted molar refractivity (Wildman–Crippen MR) is 0 cm³/mol. The Bertz CT molecular complexity index is 11.6. The van der Waals surface area contributed by atoms with E-state index in [0.29, 0.717) is 0 Å². The van der Waals surface area contributed by atoms with Gasteiger partial charge in [0.15, 0.2) is 0 Å². The van der Waals surface area contributed by atoms with Crippen molar-refractivity contribution >= 4 is 0 Å². The Morgan fingerprint density at radius 2 is 1.00 bits per heavy atom. The quantitative estimate of drug-likeness (QED) is 0.551. The summed E-state index contributed by atoms with van der Waals surface area (Å²) in [6, 6.07) is 0. The molecule has 0 atom stereocenters. The first kappa shape index (κ1) is 45.1. The molecule has 5 heavy (non-hydrogen) atoms. The van der Waals surface area contributed by atoms with Crippen molar-refractivity contribution < 1.29 is 91.9 Å². The smallest absolute Gasteiger partial charge is 0 e. The molecule has 0 fully saturated rings. The maximum Gasteiger partial charge on any atom is 0 e. The maximum absolute atomic E-state index is 0. The molecule has 0 saturated carbocycles. The van der Waals surface area contributed by atoms with E-state index < -0.39 is 0 Å². The van der Waals surface area contributed by atoms with Gasteiger partial charge >= 0.3 is 0 Å². The van der Waals surface area contributed by atoms with Crippen LogP contribution >= 0.6 is 0 Å². The summed E-state index contributed by atoms with van der Waals surface area (Å²) in [7, 11) is 0. The molecule has 0 heterocycles. The molecule has 0 saturated heterocycles. The van der Waals surface area contributed by atoms with Gasteiger partial charge in [-0.1, -0.05) is 0 Å². The monoisotopic (exact) mass is 317 g/mol. The minimum atomic E-state index is 0. The van der Waals surface area contributed by atoms with Gasteiger partial charge in [0, 0.05) is 91.9 Å². The van der Waals surface area contributed by atoms with Crippen molar-refractivity contribution in [3.63, 3.8) is 0 Å². The Morgan fingerprint density at radius 1 is 1.00 bits per heavy atom. The minimum Gasteiger partial charge on any atom is 0 e. The summed E-state index contributed by atoms with van der Waals surface area (Å²) >= 11 is 0. The molecular weight excluding hydrogens is 318 g/mol. The van der Waals surface area contributed by atoms with Gasteiger partial charge in [-0.3, -0.25) is 0 Å². The van der Waals surface area contributed by atoms with E-state index in [1.54, 1.807) is 0 Å². The van der Waals surface area contributed by atoms with Crippen molar-refractivity contribution in [3.05, 3.63) is 0 Å². The van der Waals surface area contributed by atoms with Crippen LogP contribution in [0.4, 0.5) is 0 Å². The van der Waals surface area contributed by atoms with Gasteiger partial charge in [-0.25, -0.2) is 0 Å². The summed E-state index contributed by atoms with van der Waals surface area (Å²) in [5, 5.41) is 0. The Hall–Kier alpha value is 2.87. The van der Waals surface area contributed by atoms with E-state index in [1.807, 2.05) is 0 Å². The molecular formula is CrCuNbNiV. The Kier molecular flexibility index (Phi) is 259. The first-order valence-corrected chi connectivity index (χ1v) is 0. The molecule has 0 N–H and O–H groups in total. The third kappa shape index (κ3) is 19.8. The van der Waals surface area contributed by atoms with Crippen molar-refractivity contribution in [1.29, 1.82) is 0 Å². The van der Waals surface area contributed by atoms with Crippen LogP contribution in [0, 0.1) is 0 Å². The molecule has 0 spiro atoms. The largest absolute Gasteiger partial charge is 0 e. The number of rotatable bonds is 0. The van der Waals surface area contributed by atoms with Crippen molar-refractivity contribution in [2.75, 3.05) is 0 Å². The van der Waals surface area contributed by atoms with Crippen LogP contribution in [0.5, 0.6) is 0 Å². The van der Waals surface area contributed by atoms with Crippen LogP contribution in [-0.4, -0.2) is 0 Å². The van der Waals surface area contributed by atoms with Gasteiger partial charge in [-0.2, -0.15) is 0 Å². The second kappa shape index (κ2) is 28.7. The van der Waals surface area contributed by atoms with Crippen LogP contribution < -0.4 is 0 Å². The summed E-state index contributed by atoms with van der Waals surface area (Å²) in [6.07, 6.45) is 0. The number of hydrogen-bond donors (Lipinski definition) is 0. The summed E-state index contributed by atoms with van der Waals surface area (Å²) in [6.45, 7) is 0. The van der Waals surface area contributed by atoms with Crippen LogP contribution in [0.1, 0.15) is 0 Å². The third-order valence-electron chi connectivity index (χ3n) is 0. The minimum absolute atomic E-state index is 0. The van der Waals surface area contributed by atoms with Gasteiger partial charge in [0.2, 0.25) is 0 Å². The van der Waals surface area contributed by atoms with E-state index in [-0.39, 0.29) is 91.9 Å². The molecule has 0 bridgehead atoms. The van der Waals surface area contributed by atoms with Crippen LogP contribution in [0.25, 0.3) is 0 Å². The van der Waals surface area contributed by atoms with Gasteiger partial charge < -0.3 is 0 Å². The molecule has 0 amide bonds. The predicted octanol–water partition coefficient (Wildman–Crippen LogP) is -0.0125. The van der Waals surface area contributed by atoms with Gasteiger partial charge in [-0.15, -0.1) is 0 Å². The van der Waals surface area contributed by atoms with E-state index in [9.17, 15) is 0 Å². The first-order chi connectivity index (χ1) is 0. The summed E-state index contributed by atoms with van der Waals surface area (Å²) < 4.78 is 0. The average Bonchev–Trinajstić information content (AvgIpc) is 0. The summed E-state index contributed by atoms with van der Waals surface area (Å²) in [4.78, 5) is 0. The van der Waals surface area contributed by atoms with Gasteiger partial charge in [0.05, 0.1) is 0 Å². The van der Waals surface area contributed by atoms with E-state index in [1.165, 1.54) is 0 Å². The van der Waals surface area contributed by atoms with Gasteiger partial charge in [0.1, 0.15) is 0 Å². The second-order valence-corrected chi connectivity index (χ2v) is 0. The fourth-order valence-corrected chi connectivity index (χ4v) is 0. The molecule has 0 aliphatic carbocycles. The van der Waals surface area contributed by atoms with Crippen molar-refractivity contribution in [1.82, 2.24) is 0 Å². The molecule has 0 aromatic heterocycles. The molecule has 5 heteroatoms. The SMILES string of the molecule is [Cr].[Cu].[Nb].[Ni].[V]. The molecule has 0 unspecified atom stereocenters. The third-order valence-corrected chi connectivity index (χ3v) is 0. The maximum atomic E-state index is 0. The van der Waals surface area contributed by atoms with E-state index in [0.717, 1.165) is 0 Å². The zero-order chi connectivity index (χ0) is 0. The fraction of sp³-hybridized carbons (Fsp3) is 0. The summed E-state index contributed by atoms with van der Waals surface area (Å²) in [5.41, 5.74) is 0. The zero-order valence-corrected chi connectivity index (χ0v) is 8.72. The van der Waals surface area contributed by atoms with E-state index in [2.05, 4.69) is 0 Å². The van der Waals surface area contributed by atoms with E-state index >= 15 is 0 Å². The fourth-order valence-electron chi connectivity index (χ4n) is 0. The van der Waals surface area contributed by atoms with Crippen LogP contribution in [0.15, 0.2) is 0 Å². The molecule has 0 aromatic carbocycles. The van der Waals surface area contributed by atoms with Gasteiger partial charge in [-0.05, 0) is 0 Å². The zero-order valence-electron chi connectivity index (χ0n) is 1.92. The van der Waals surface area contributed by atoms with E-state index in [4.69, 9.17) is 0 Å². The average molecular weight is 318 g/mol. The van der Waals surface area contributed by atoms with Gasteiger partial charge in [0.25, 0.3) is 0 Å². The molecule has 0 aliphatic heterocycles. The summed E-state index contributed by atoms with van der Waals surface area (Å²) in [5.74, 6) is 0. The van der Waals surface area contributed by atoms with Crippen LogP contribution in [-0.2, 0) is 91.9 Å². The van der Waals surface area contributed by atoms with Crippen LogP contribution in [0.3, 0.4) is 0 Å². The first-order valence-electron chi connectivity index (χ1n) is 0. The molecule has 0 rings (SSSR count). The topological polar surface area (TPSA) is 0 Å². The molecule has 0 aliphatic rings. The number of hydrogen-bond acceptors (Lipinski definition) is 0. The standard InChI is InChI=1S/Cr.Cu.Nb.Ni.V. The molecule has 3 radical (unpaired) electrons. The Balaban J connectivity index is 0. The molecule has 0 nitrogen and oxygen atoms in total. The Labute approximate surface area is 90.5 Å². The normalized spacial score (nSPS) is 0.